The highest BCUT2D eigenvalue weighted by molar-refractivity contribution is 14.1. The summed E-state index contributed by atoms with van der Waals surface area (Å²) in [6.07, 6.45) is 1.70. The van der Waals surface area contributed by atoms with Crippen molar-refractivity contribution >= 4 is 56.7 Å². The van der Waals surface area contributed by atoms with Crippen molar-refractivity contribution in [1.29, 1.82) is 0 Å². The predicted molar refractivity (Wildman–Crippen MR) is 197 cm³/mol. The lowest BCUT2D eigenvalue weighted by Crippen LogP contribution is -2.40. The lowest BCUT2D eigenvalue weighted by molar-refractivity contribution is -0.139. The predicted octanol–water partition coefficient (Wildman–Crippen LogP) is 6.93. The maximum Gasteiger partial charge on any atom is 0.338 e. The first-order chi connectivity index (χ1) is 23.2. The molecule has 1 aliphatic rings. The average Bonchev–Trinajstić information content (AvgIpc) is 3.36. The van der Waals surface area contributed by atoms with Gasteiger partial charge >= 0.3 is 5.97 Å². The second-order valence-electron chi connectivity index (χ2n) is 11.5. The van der Waals surface area contributed by atoms with Crippen LogP contribution in [0, 0.1) is 3.57 Å². The summed E-state index contributed by atoms with van der Waals surface area (Å²) in [5, 5.41) is 2.33. The van der Waals surface area contributed by atoms with Crippen LogP contribution in [0.15, 0.2) is 99.9 Å². The van der Waals surface area contributed by atoms with Gasteiger partial charge in [-0.15, -0.1) is 0 Å². The number of carbonyl (C=O) groups excluding carboxylic acids is 1. The summed E-state index contributed by atoms with van der Waals surface area (Å²) in [7, 11) is 1.60. The van der Waals surface area contributed by atoms with Crippen molar-refractivity contribution in [3.05, 3.63) is 130 Å². The number of rotatable bonds is 10. The maximum atomic E-state index is 14.2. The maximum absolute atomic E-state index is 14.2. The first-order valence-corrected chi connectivity index (χ1v) is 17.5. The lowest BCUT2D eigenvalue weighted by atomic mass is 9.95. The minimum atomic E-state index is -0.780. The summed E-state index contributed by atoms with van der Waals surface area (Å²) in [6.45, 7) is 7.96. The van der Waals surface area contributed by atoms with E-state index in [1.807, 2.05) is 68.5 Å². The second-order valence-corrected chi connectivity index (χ2v) is 13.7. The molecule has 1 atom stereocenters. The van der Waals surface area contributed by atoms with Gasteiger partial charge in [0.25, 0.3) is 5.56 Å². The molecule has 0 fully saturated rings. The fraction of sp³-hybridized carbons (Fsp3) is 0.237. The zero-order chi connectivity index (χ0) is 33.9. The van der Waals surface area contributed by atoms with Gasteiger partial charge in [0, 0.05) is 5.56 Å². The highest BCUT2D eigenvalue weighted by Crippen LogP contribution is 2.37. The standard InChI is InChI=1S/C38H35IN2O6S/c1-6-45-37(43)33-23(4)40-38-41(34(33)28-13-9-10-14-30(28)47-22(2)3)36(42)32(48-38)20-25-18-29(39)35(31(19-25)44-5)46-21-24-15-16-26-11-7-8-12-27(26)17-24/h7-20,22,34H,6,21H2,1-5H3/b32-20+/t34-/m1/s1. The molecule has 4 aromatic carbocycles. The van der Waals surface area contributed by atoms with E-state index in [2.05, 4.69) is 52.9 Å². The van der Waals surface area contributed by atoms with Crippen LogP contribution in [0.25, 0.3) is 16.8 Å². The van der Waals surface area contributed by atoms with Crippen molar-refractivity contribution in [2.45, 2.75) is 46.4 Å². The van der Waals surface area contributed by atoms with Crippen molar-refractivity contribution in [2.75, 3.05) is 13.7 Å². The van der Waals surface area contributed by atoms with E-state index in [9.17, 15) is 9.59 Å². The molecule has 48 heavy (non-hydrogen) atoms. The van der Waals surface area contributed by atoms with Gasteiger partial charge in [0.15, 0.2) is 16.3 Å². The van der Waals surface area contributed by atoms with Gasteiger partial charge in [-0.2, -0.15) is 0 Å². The Labute approximate surface area is 296 Å². The molecule has 0 aliphatic carbocycles. The number of halogens is 1. The van der Waals surface area contributed by atoms with Crippen molar-refractivity contribution in [1.82, 2.24) is 4.57 Å². The third-order valence-corrected chi connectivity index (χ3v) is 9.62. The Kier molecular flexibility index (Phi) is 10.0. The number of benzene rings is 4. The number of carbonyl (C=O) groups is 1. The van der Waals surface area contributed by atoms with Gasteiger partial charge in [0.2, 0.25) is 0 Å². The number of ether oxygens (including phenoxy) is 4. The van der Waals surface area contributed by atoms with E-state index in [1.165, 1.54) is 16.7 Å². The number of esters is 1. The summed E-state index contributed by atoms with van der Waals surface area (Å²) in [5.74, 6) is 1.25. The van der Waals surface area contributed by atoms with E-state index in [4.69, 9.17) is 23.9 Å². The average molecular weight is 775 g/mol. The number of hydrogen-bond acceptors (Lipinski definition) is 8. The highest BCUT2D eigenvalue weighted by Gasteiger charge is 2.35. The summed E-state index contributed by atoms with van der Waals surface area (Å²) in [4.78, 5) is 32.8. The van der Waals surface area contributed by atoms with Gasteiger partial charge < -0.3 is 18.9 Å². The van der Waals surface area contributed by atoms with Crippen LogP contribution in [0.2, 0.25) is 0 Å². The molecule has 8 nitrogen and oxygen atoms in total. The minimum Gasteiger partial charge on any atom is -0.493 e. The fourth-order valence-electron chi connectivity index (χ4n) is 5.75. The molecule has 246 valence electrons. The van der Waals surface area contributed by atoms with Crippen LogP contribution >= 0.6 is 33.9 Å². The second kappa shape index (κ2) is 14.4. The molecule has 0 spiro atoms. The zero-order valence-electron chi connectivity index (χ0n) is 27.3. The topological polar surface area (TPSA) is 88.4 Å². The van der Waals surface area contributed by atoms with E-state index in [-0.39, 0.29) is 18.3 Å². The first kappa shape index (κ1) is 33.5. The molecule has 0 amide bonds. The van der Waals surface area contributed by atoms with E-state index in [0.29, 0.717) is 50.0 Å². The van der Waals surface area contributed by atoms with Gasteiger partial charge in [0.05, 0.1) is 39.2 Å². The van der Waals surface area contributed by atoms with E-state index >= 15 is 0 Å². The minimum absolute atomic E-state index is 0.116. The molecule has 10 heteroatoms. The SMILES string of the molecule is CCOC(=O)C1=C(C)N=c2s/c(=C/c3cc(I)c(OCc4ccc5ccccc5c4)c(OC)c3)c(=O)n2[C@@H]1c1ccccc1OC(C)C. The fourth-order valence-corrected chi connectivity index (χ4v) is 7.58. The largest absolute Gasteiger partial charge is 0.493 e. The number of allylic oxidation sites excluding steroid dienone is 1. The van der Waals surface area contributed by atoms with Gasteiger partial charge in [-0.3, -0.25) is 9.36 Å². The number of fused-ring (bicyclic) bond motifs is 2. The van der Waals surface area contributed by atoms with E-state index < -0.39 is 12.0 Å². The number of methoxy groups -OCH3 is 1. The monoisotopic (exact) mass is 774 g/mol. The zero-order valence-corrected chi connectivity index (χ0v) is 30.3. The third-order valence-electron chi connectivity index (χ3n) is 7.84. The summed E-state index contributed by atoms with van der Waals surface area (Å²) < 4.78 is 26.5. The summed E-state index contributed by atoms with van der Waals surface area (Å²) >= 11 is 3.49. The Morgan fingerprint density at radius 1 is 1.02 bits per heavy atom. The van der Waals surface area contributed by atoms with Crippen molar-refractivity contribution in [3.8, 4) is 17.2 Å². The van der Waals surface area contributed by atoms with Gasteiger partial charge in [-0.1, -0.05) is 65.9 Å². The Hall–Kier alpha value is -4.42. The number of para-hydroxylation sites is 1. The Morgan fingerprint density at radius 2 is 1.77 bits per heavy atom. The molecule has 0 N–H and O–H groups in total. The molecule has 5 aromatic rings. The Balaban J connectivity index is 1.40. The lowest BCUT2D eigenvalue weighted by Gasteiger charge is -2.26. The van der Waals surface area contributed by atoms with Crippen LogP contribution in [0.1, 0.15) is 50.4 Å². The molecule has 0 unspecified atom stereocenters. The molecule has 0 saturated carbocycles. The highest BCUT2D eigenvalue weighted by atomic mass is 127. The van der Waals surface area contributed by atoms with Crippen LogP contribution in [0.3, 0.4) is 0 Å². The van der Waals surface area contributed by atoms with Gasteiger partial charge in [0.1, 0.15) is 18.4 Å². The van der Waals surface area contributed by atoms with Crippen LogP contribution in [0.4, 0.5) is 0 Å². The molecule has 0 radical (unpaired) electrons. The first-order valence-electron chi connectivity index (χ1n) is 15.6. The number of aromatic nitrogens is 1. The van der Waals surface area contributed by atoms with Gasteiger partial charge in [-0.05, 0) is 103 Å². The van der Waals surface area contributed by atoms with Crippen molar-refractivity contribution in [3.63, 3.8) is 0 Å². The third kappa shape index (κ3) is 6.77. The Bertz CT molecular complexity index is 2240. The smallest absolute Gasteiger partial charge is 0.338 e. The normalized spacial score (nSPS) is 14.6. The Morgan fingerprint density at radius 3 is 2.52 bits per heavy atom. The van der Waals surface area contributed by atoms with Crippen molar-refractivity contribution in [2.24, 2.45) is 4.99 Å². The summed E-state index contributed by atoms with van der Waals surface area (Å²) in [6, 6.07) is 25.0. The molecule has 1 aliphatic heterocycles. The van der Waals surface area contributed by atoms with Gasteiger partial charge in [-0.25, -0.2) is 9.79 Å². The van der Waals surface area contributed by atoms with Crippen LogP contribution in [0.5, 0.6) is 17.2 Å². The van der Waals surface area contributed by atoms with Crippen LogP contribution < -0.4 is 29.1 Å². The molecule has 6 rings (SSSR count). The van der Waals surface area contributed by atoms with E-state index in [1.54, 1.807) is 25.5 Å². The molecular formula is C38H35IN2O6S. The van der Waals surface area contributed by atoms with E-state index in [0.717, 1.165) is 20.1 Å². The molecule has 1 aromatic heterocycles. The molecule has 2 heterocycles. The number of nitrogens with zero attached hydrogens (tertiary/aromatic N) is 2. The summed E-state index contributed by atoms with van der Waals surface area (Å²) in [5.41, 5.74) is 3.02. The number of hydrogen-bond donors (Lipinski definition) is 0. The van der Waals surface area contributed by atoms with Crippen LogP contribution in [-0.4, -0.2) is 30.4 Å². The number of thiazole rings is 1. The molecular weight excluding hydrogens is 739 g/mol. The molecule has 0 bridgehead atoms. The van der Waals surface area contributed by atoms with Crippen molar-refractivity contribution < 1.29 is 23.7 Å². The van der Waals surface area contributed by atoms with Crippen LogP contribution in [-0.2, 0) is 16.1 Å². The molecule has 0 saturated heterocycles. The quantitative estimate of drug-likeness (QED) is 0.113.